The maximum absolute atomic E-state index is 5.13. The fourth-order valence-corrected chi connectivity index (χ4v) is 2.41. The molecule has 2 nitrogen and oxygen atoms in total. The molecule has 2 rings (SSSR count). The molecule has 1 aromatic heterocycles. The summed E-state index contributed by atoms with van der Waals surface area (Å²) in [5, 5.41) is 0. The van der Waals surface area contributed by atoms with E-state index in [0.29, 0.717) is 0 Å². The third-order valence-electron chi connectivity index (χ3n) is 2.47. The topological polar surface area (TPSA) is 22.1 Å². The SMILES string of the molecule is COc1ccc(SCCc2ccncc2)cc1.Cl. The highest BCUT2D eigenvalue weighted by Crippen LogP contribution is 2.21. The highest BCUT2D eigenvalue weighted by molar-refractivity contribution is 7.99. The molecule has 0 aliphatic rings. The summed E-state index contributed by atoms with van der Waals surface area (Å²) in [5.41, 5.74) is 1.33. The molecule has 4 heteroatoms. The van der Waals surface area contributed by atoms with Crippen LogP contribution in [0.1, 0.15) is 5.56 Å². The molecule has 0 aliphatic carbocycles. The van der Waals surface area contributed by atoms with Gasteiger partial charge in [0, 0.05) is 23.0 Å². The molecular weight excluding hydrogens is 266 g/mol. The van der Waals surface area contributed by atoms with Crippen molar-refractivity contribution >= 4 is 24.2 Å². The summed E-state index contributed by atoms with van der Waals surface area (Å²) in [5.74, 6) is 1.99. The van der Waals surface area contributed by atoms with Crippen molar-refractivity contribution in [1.82, 2.24) is 4.98 Å². The zero-order valence-electron chi connectivity index (χ0n) is 10.2. The molecule has 0 atom stereocenters. The Labute approximate surface area is 118 Å². The van der Waals surface area contributed by atoms with Gasteiger partial charge < -0.3 is 4.74 Å². The summed E-state index contributed by atoms with van der Waals surface area (Å²) < 4.78 is 5.13. The van der Waals surface area contributed by atoms with Crippen LogP contribution in [0.4, 0.5) is 0 Å². The zero-order chi connectivity index (χ0) is 11.9. The van der Waals surface area contributed by atoms with Crippen LogP contribution in [0, 0.1) is 0 Å². The molecule has 1 heterocycles. The highest BCUT2D eigenvalue weighted by Gasteiger charge is 1.96. The largest absolute Gasteiger partial charge is 0.497 e. The molecule has 0 spiro atoms. The molecule has 0 saturated carbocycles. The lowest BCUT2D eigenvalue weighted by molar-refractivity contribution is 0.414. The van der Waals surface area contributed by atoms with Gasteiger partial charge in [0.2, 0.25) is 0 Å². The number of ether oxygens (including phenoxy) is 1. The number of aryl methyl sites for hydroxylation is 1. The minimum atomic E-state index is 0. The van der Waals surface area contributed by atoms with Crippen LogP contribution in [0.15, 0.2) is 53.7 Å². The van der Waals surface area contributed by atoms with E-state index in [-0.39, 0.29) is 12.4 Å². The first-order valence-electron chi connectivity index (χ1n) is 5.54. The maximum Gasteiger partial charge on any atom is 0.118 e. The second kappa shape index (κ2) is 8.01. The number of aromatic nitrogens is 1. The molecule has 2 aromatic rings. The fourth-order valence-electron chi connectivity index (χ4n) is 1.51. The van der Waals surface area contributed by atoms with Crippen LogP contribution in [-0.2, 0) is 6.42 Å². The van der Waals surface area contributed by atoms with Crippen LogP contribution in [0.3, 0.4) is 0 Å². The lowest BCUT2D eigenvalue weighted by Crippen LogP contribution is -1.88. The normalized spacial score (nSPS) is 9.61. The van der Waals surface area contributed by atoms with E-state index in [1.807, 2.05) is 36.3 Å². The lowest BCUT2D eigenvalue weighted by Gasteiger charge is -2.03. The number of halogens is 1. The Kier molecular flexibility index (Phi) is 6.61. The monoisotopic (exact) mass is 281 g/mol. The Bertz CT molecular complexity index is 447. The van der Waals surface area contributed by atoms with Gasteiger partial charge in [-0.05, 0) is 48.4 Å². The summed E-state index contributed by atoms with van der Waals surface area (Å²) >= 11 is 1.86. The zero-order valence-corrected chi connectivity index (χ0v) is 11.8. The van der Waals surface area contributed by atoms with E-state index < -0.39 is 0 Å². The second-order valence-corrected chi connectivity index (χ2v) is 4.80. The Morgan fingerprint density at radius 1 is 1.06 bits per heavy atom. The van der Waals surface area contributed by atoms with Gasteiger partial charge in [-0.15, -0.1) is 24.2 Å². The summed E-state index contributed by atoms with van der Waals surface area (Å²) in [6.07, 6.45) is 4.75. The second-order valence-electron chi connectivity index (χ2n) is 3.63. The molecule has 0 amide bonds. The third kappa shape index (κ3) is 4.59. The van der Waals surface area contributed by atoms with E-state index in [4.69, 9.17) is 4.74 Å². The molecule has 0 N–H and O–H groups in total. The summed E-state index contributed by atoms with van der Waals surface area (Å²) in [4.78, 5) is 5.29. The first-order chi connectivity index (χ1) is 8.38. The standard InChI is InChI=1S/C14H15NOS.ClH/c1-16-13-2-4-14(5-3-13)17-11-8-12-6-9-15-10-7-12;/h2-7,9-10H,8,11H2,1H3;1H. The quantitative estimate of drug-likeness (QED) is 0.777. The van der Waals surface area contributed by atoms with E-state index in [2.05, 4.69) is 29.2 Å². The van der Waals surface area contributed by atoms with Gasteiger partial charge in [0.1, 0.15) is 5.75 Å². The Morgan fingerprint density at radius 3 is 2.33 bits per heavy atom. The smallest absolute Gasteiger partial charge is 0.118 e. The average Bonchev–Trinajstić information content (AvgIpc) is 2.41. The van der Waals surface area contributed by atoms with Crippen molar-refractivity contribution in [2.24, 2.45) is 0 Å². The number of nitrogens with zero attached hydrogens (tertiary/aromatic N) is 1. The van der Waals surface area contributed by atoms with Crippen molar-refractivity contribution < 1.29 is 4.74 Å². The maximum atomic E-state index is 5.13. The van der Waals surface area contributed by atoms with Crippen molar-refractivity contribution in [2.45, 2.75) is 11.3 Å². The molecule has 18 heavy (non-hydrogen) atoms. The predicted octanol–water partition coefficient (Wildman–Crippen LogP) is 3.85. The number of thioether (sulfide) groups is 1. The van der Waals surface area contributed by atoms with Gasteiger partial charge in [-0.25, -0.2) is 0 Å². The van der Waals surface area contributed by atoms with Gasteiger partial charge in [-0.2, -0.15) is 0 Å². The fraction of sp³-hybridized carbons (Fsp3) is 0.214. The summed E-state index contributed by atoms with van der Waals surface area (Å²) in [7, 11) is 1.69. The van der Waals surface area contributed by atoms with E-state index in [9.17, 15) is 0 Å². The summed E-state index contributed by atoms with van der Waals surface area (Å²) in [6.45, 7) is 0. The molecular formula is C14H16ClNOS. The highest BCUT2D eigenvalue weighted by atomic mass is 35.5. The number of pyridine rings is 1. The number of hydrogen-bond donors (Lipinski definition) is 0. The predicted molar refractivity (Wildman–Crippen MR) is 78.9 cm³/mol. The average molecular weight is 282 g/mol. The van der Waals surface area contributed by atoms with Crippen LogP contribution in [0.2, 0.25) is 0 Å². The van der Waals surface area contributed by atoms with E-state index in [1.54, 1.807) is 7.11 Å². The summed E-state index contributed by atoms with van der Waals surface area (Å²) in [6, 6.07) is 12.3. The number of methoxy groups -OCH3 is 1. The molecule has 0 saturated heterocycles. The van der Waals surface area contributed by atoms with Crippen LogP contribution in [0.25, 0.3) is 0 Å². The van der Waals surface area contributed by atoms with Gasteiger partial charge >= 0.3 is 0 Å². The molecule has 0 aliphatic heterocycles. The van der Waals surface area contributed by atoms with Crippen LogP contribution < -0.4 is 4.74 Å². The van der Waals surface area contributed by atoms with Crippen molar-refractivity contribution in [3.8, 4) is 5.75 Å². The third-order valence-corrected chi connectivity index (χ3v) is 3.48. The lowest BCUT2D eigenvalue weighted by atomic mass is 10.2. The van der Waals surface area contributed by atoms with E-state index in [1.165, 1.54) is 10.5 Å². The number of hydrogen-bond acceptors (Lipinski definition) is 3. The molecule has 0 unspecified atom stereocenters. The molecule has 96 valence electrons. The Balaban J connectivity index is 0.00000162. The van der Waals surface area contributed by atoms with Crippen LogP contribution in [-0.4, -0.2) is 17.8 Å². The first-order valence-corrected chi connectivity index (χ1v) is 6.53. The van der Waals surface area contributed by atoms with Gasteiger partial charge in [0.15, 0.2) is 0 Å². The van der Waals surface area contributed by atoms with Crippen molar-refractivity contribution in [3.63, 3.8) is 0 Å². The minimum Gasteiger partial charge on any atom is -0.497 e. The number of benzene rings is 1. The van der Waals surface area contributed by atoms with Crippen molar-refractivity contribution in [3.05, 3.63) is 54.4 Å². The Hall–Kier alpha value is -1.19. The van der Waals surface area contributed by atoms with Gasteiger partial charge in [0.05, 0.1) is 7.11 Å². The van der Waals surface area contributed by atoms with Crippen molar-refractivity contribution in [2.75, 3.05) is 12.9 Å². The molecule has 0 bridgehead atoms. The molecule has 0 radical (unpaired) electrons. The van der Waals surface area contributed by atoms with E-state index in [0.717, 1.165) is 17.9 Å². The van der Waals surface area contributed by atoms with Gasteiger partial charge in [-0.3, -0.25) is 4.98 Å². The molecule has 1 aromatic carbocycles. The van der Waals surface area contributed by atoms with Crippen LogP contribution in [0.5, 0.6) is 5.75 Å². The minimum absolute atomic E-state index is 0. The van der Waals surface area contributed by atoms with Gasteiger partial charge in [-0.1, -0.05) is 0 Å². The van der Waals surface area contributed by atoms with Crippen LogP contribution >= 0.6 is 24.2 Å². The van der Waals surface area contributed by atoms with E-state index >= 15 is 0 Å². The Morgan fingerprint density at radius 2 is 1.72 bits per heavy atom. The number of rotatable bonds is 5. The van der Waals surface area contributed by atoms with Crippen molar-refractivity contribution in [1.29, 1.82) is 0 Å². The molecule has 0 fully saturated rings. The first kappa shape index (κ1) is 14.9. The van der Waals surface area contributed by atoms with Gasteiger partial charge in [0.25, 0.3) is 0 Å².